The Morgan fingerprint density at radius 2 is 1.68 bits per heavy atom. The van der Waals surface area contributed by atoms with Crippen LogP contribution in [0.3, 0.4) is 0 Å². The average molecular weight is 364 g/mol. The standard InChI is InChI=1S/C25H20N2O/c1-17-11-22-14-23(28)15-25(27-24(22)12-18(17)2)21-7-3-5-19(13-21)8-9-20-6-4-10-26-16-20/h3-7,10-13,16H,14-15H2,1-2H3. The number of fused-ring (bicyclic) bond motifs is 1. The highest BCUT2D eigenvalue weighted by Gasteiger charge is 2.18. The van der Waals surface area contributed by atoms with Crippen LogP contribution in [0.5, 0.6) is 0 Å². The van der Waals surface area contributed by atoms with E-state index in [1.807, 2.05) is 36.4 Å². The fraction of sp³-hybridized carbons (Fsp3) is 0.160. The van der Waals surface area contributed by atoms with Crippen LogP contribution < -0.4 is 0 Å². The Balaban J connectivity index is 1.72. The van der Waals surface area contributed by atoms with Crippen LogP contribution in [0.25, 0.3) is 0 Å². The van der Waals surface area contributed by atoms with Crippen molar-refractivity contribution in [2.45, 2.75) is 26.7 Å². The second kappa shape index (κ2) is 7.62. The third-order valence-corrected chi connectivity index (χ3v) is 4.91. The maximum absolute atomic E-state index is 12.5. The maximum Gasteiger partial charge on any atom is 0.143 e. The monoisotopic (exact) mass is 364 g/mol. The molecule has 0 amide bonds. The van der Waals surface area contributed by atoms with Crippen molar-refractivity contribution in [3.05, 3.63) is 94.3 Å². The molecule has 0 saturated heterocycles. The molecule has 0 bridgehead atoms. The molecular formula is C25H20N2O. The zero-order chi connectivity index (χ0) is 19.5. The summed E-state index contributed by atoms with van der Waals surface area (Å²) in [7, 11) is 0. The predicted molar refractivity (Wildman–Crippen MR) is 112 cm³/mol. The zero-order valence-electron chi connectivity index (χ0n) is 16.0. The van der Waals surface area contributed by atoms with Gasteiger partial charge in [0.2, 0.25) is 0 Å². The van der Waals surface area contributed by atoms with Crippen LogP contribution >= 0.6 is 0 Å². The van der Waals surface area contributed by atoms with E-state index in [1.54, 1.807) is 12.4 Å². The van der Waals surface area contributed by atoms with Crippen LogP contribution in [0, 0.1) is 25.7 Å². The summed E-state index contributed by atoms with van der Waals surface area (Å²) in [4.78, 5) is 21.4. The number of benzene rings is 2. The smallest absolute Gasteiger partial charge is 0.143 e. The Morgan fingerprint density at radius 1 is 0.893 bits per heavy atom. The average Bonchev–Trinajstić information content (AvgIpc) is 2.86. The fourth-order valence-corrected chi connectivity index (χ4v) is 3.28. The van der Waals surface area contributed by atoms with Crippen molar-refractivity contribution in [3.63, 3.8) is 0 Å². The summed E-state index contributed by atoms with van der Waals surface area (Å²) >= 11 is 0. The third kappa shape index (κ3) is 3.92. The van der Waals surface area contributed by atoms with Gasteiger partial charge in [-0.25, -0.2) is 0 Å². The number of Topliss-reactive ketones (excluding diaryl/α,β-unsaturated/α-hetero) is 1. The first-order chi connectivity index (χ1) is 13.6. The Kier molecular flexibility index (Phi) is 4.87. The van der Waals surface area contributed by atoms with Crippen molar-refractivity contribution < 1.29 is 4.79 Å². The quantitative estimate of drug-likeness (QED) is 0.586. The first-order valence-corrected chi connectivity index (χ1v) is 9.30. The molecule has 1 aromatic heterocycles. The summed E-state index contributed by atoms with van der Waals surface area (Å²) in [5.41, 5.74) is 7.79. The molecule has 2 aromatic carbocycles. The van der Waals surface area contributed by atoms with Crippen molar-refractivity contribution in [2.24, 2.45) is 4.99 Å². The van der Waals surface area contributed by atoms with Crippen molar-refractivity contribution in [2.75, 3.05) is 0 Å². The van der Waals surface area contributed by atoms with Crippen molar-refractivity contribution in [3.8, 4) is 11.8 Å². The molecule has 4 rings (SSSR count). The van der Waals surface area contributed by atoms with E-state index in [-0.39, 0.29) is 5.78 Å². The number of rotatable bonds is 1. The van der Waals surface area contributed by atoms with Crippen LogP contribution in [-0.4, -0.2) is 16.5 Å². The SMILES string of the molecule is Cc1cc2c(cc1C)N=C(c1cccc(C#Cc3cccnc3)c1)CC(=O)C2. The number of aromatic nitrogens is 1. The Hall–Kier alpha value is -3.51. The van der Waals surface area contributed by atoms with E-state index in [2.05, 4.69) is 42.8 Å². The molecule has 0 aliphatic carbocycles. The van der Waals surface area contributed by atoms with Gasteiger partial charge in [0, 0.05) is 36.4 Å². The largest absolute Gasteiger partial charge is 0.299 e. The molecule has 2 heterocycles. The lowest BCUT2D eigenvalue weighted by molar-refractivity contribution is -0.117. The van der Waals surface area contributed by atoms with E-state index in [1.165, 1.54) is 11.1 Å². The molecule has 3 aromatic rings. The molecule has 0 spiro atoms. The Morgan fingerprint density at radius 3 is 2.50 bits per heavy atom. The molecule has 0 N–H and O–H groups in total. The lowest BCUT2D eigenvalue weighted by atomic mass is 9.99. The second-order valence-corrected chi connectivity index (χ2v) is 7.09. The normalized spacial score (nSPS) is 13.1. The van der Waals surface area contributed by atoms with E-state index in [0.29, 0.717) is 12.8 Å². The minimum absolute atomic E-state index is 0.188. The number of aryl methyl sites for hydroxylation is 2. The zero-order valence-corrected chi connectivity index (χ0v) is 16.0. The molecular weight excluding hydrogens is 344 g/mol. The number of nitrogens with zero attached hydrogens (tertiary/aromatic N) is 2. The molecule has 0 saturated carbocycles. The molecule has 1 aliphatic heterocycles. The van der Waals surface area contributed by atoms with E-state index < -0.39 is 0 Å². The first kappa shape index (κ1) is 17.9. The number of carbonyl (C=O) groups is 1. The van der Waals surface area contributed by atoms with Gasteiger partial charge >= 0.3 is 0 Å². The lowest BCUT2D eigenvalue weighted by Crippen LogP contribution is -2.09. The molecule has 1 aliphatic rings. The van der Waals surface area contributed by atoms with Gasteiger partial charge in [0.15, 0.2) is 0 Å². The van der Waals surface area contributed by atoms with Crippen LogP contribution in [0.15, 0.2) is 65.9 Å². The van der Waals surface area contributed by atoms with Crippen LogP contribution in [0.2, 0.25) is 0 Å². The van der Waals surface area contributed by atoms with Crippen molar-refractivity contribution in [1.82, 2.24) is 4.98 Å². The van der Waals surface area contributed by atoms with Crippen LogP contribution in [0.4, 0.5) is 5.69 Å². The Bertz CT molecular complexity index is 1150. The van der Waals surface area contributed by atoms with E-state index in [4.69, 9.17) is 4.99 Å². The molecule has 0 atom stereocenters. The highest BCUT2D eigenvalue weighted by Crippen LogP contribution is 2.29. The summed E-state index contributed by atoms with van der Waals surface area (Å²) in [6.07, 6.45) is 4.25. The van der Waals surface area contributed by atoms with Crippen molar-refractivity contribution in [1.29, 1.82) is 0 Å². The van der Waals surface area contributed by atoms with E-state index in [0.717, 1.165) is 33.7 Å². The predicted octanol–water partition coefficient (Wildman–Crippen LogP) is 4.73. The summed E-state index contributed by atoms with van der Waals surface area (Å²) in [5.74, 6) is 6.48. The highest BCUT2D eigenvalue weighted by molar-refractivity contribution is 6.13. The second-order valence-electron chi connectivity index (χ2n) is 7.09. The van der Waals surface area contributed by atoms with Gasteiger partial charge in [-0.15, -0.1) is 0 Å². The molecule has 0 fully saturated rings. The van der Waals surface area contributed by atoms with E-state index in [9.17, 15) is 4.79 Å². The molecule has 3 nitrogen and oxygen atoms in total. The fourth-order valence-electron chi connectivity index (χ4n) is 3.28. The van der Waals surface area contributed by atoms with Gasteiger partial charge in [-0.1, -0.05) is 30.0 Å². The molecule has 28 heavy (non-hydrogen) atoms. The van der Waals surface area contributed by atoms with Crippen LogP contribution in [-0.2, 0) is 11.2 Å². The van der Waals surface area contributed by atoms with Gasteiger partial charge in [-0.2, -0.15) is 0 Å². The van der Waals surface area contributed by atoms with Gasteiger partial charge in [-0.05, 0) is 66.4 Å². The first-order valence-electron chi connectivity index (χ1n) is 9.30. The lowest BCUT2D eigenvalue weighted by Gasteiger charge is -2.07. The maximum atomic E-state index is 12.5. The number of hydrogen-bond donors (Lipinski definition) is 0. The van der Waals surface area contributed by atoms with Gasteiger partial charge < -0.3 is 0 Å². The summed E-state index contributed by atoms with van der Waals surface area (Å²) in [6, 6.07) is 15.9. The number of ketones is 1. The molecule has 0 unspecified atom stereocenters. The minimum atomic E-state index is 0.188. The minimum Gasteiger partial charge on any atom is -0.299 e. The van der Waals surface area contributed by atoms with Gasteiger partial charge in [0.25, 0.3) is 0 Å². The van der Waals surface area contributed by atoms with Gasteiger partial charge in [0.1, 0.15) is 5.78 Å². The van der Waals surface area contributed by atoms with Gasteiger partial charge in [-0.3, -0.25) is 14.8 Å². The topological polar surface area (TPSA) is 42.3 Å². The molecule has 136 valence electrons. The number of aliphatic imine (C=N–C) groups is 1. The summed E-state index contributed by atoms with van der Waals surface area (Å²) < 4.78 is 0. The molecule has 3 heteroatoms. The summed E-state index contributed by atoms with van der Waals surface area (Å²) in [5, 5.41) is 0. The third-order valence-electron chi connectivity index (χ3n) is 4.91. The highest BCUT2D eigenvalue weighted by atomic mass is 16.1. The van der Waals surface area contributed by atoms with E-state index >= 15 is 0 Å². The van der Waals surface area contributed by atoms with Gasteiger partial charge in [0.05, 0.1) is 11.4 Å². The molecule has 0 radical (unpaired) electrons. The number of pyridine rings is 1. The van der Waals surface area contributed by atoms with Crippen LogP contribution in [0.1, 0.15) is 39.8 Å². The number of carbonyl (C=O) groups excluding carboxylic acids is 1. The van der Waals surface area contributed by atoms with Crippen molar-refractivity contribution >= 4 is 17.2 Å². The Labute approximate surface area is 165 Å². The summed E-state index contributed by atoms with van der Waals surface area (Å²) in [6.45, 7) is 4.15. The number of hydrogen-bond acceptors (Lipinski definition) is 3.